The van der Waals surface area contributed by atoms with Crippen molar-refractivity contribution < 1.29 is 33.0 Å². The van der Waals surface area contributed by atoms with Crippen LogP contribution < -0.4 is 21.1 Å². The number of alkyl halides is 1. The van der Waals surface area contributed by atoms with Crippen LogP contribution in [0.15, 0.2) is 36.7 Å². The number of para-hydroxylation sites is 1. The van der Waals surface area contributed by atoms with E-state index >= 15 is 0 Å². The zero-order chi connectivity index (χ0) is 28.5. The smallest absolute Gasteiger partial charge is 0.459 e. The van der Waals surface area contributed by atoms with Gasteiger partial charge in [-0.25, -0.2) is 9.55 Å². The Kier molecular flexibility index (Phi) is 8.36. The number of nitrogens with zero attached hydrogens (tertiary/aromatic N) is 4. The molecule has 6 N–H and O–H groups in total. The van der Waals surface area contributed by atoms with Crippen LogP contribution >= 0.6 is 19.3 Å². The molecule has 0 amide bonds. The molecule has 1 saturated heterocycles. The topological polar surface area (TPSA) is 199 Å². The van der Waals surface area contributed by atoms with Gasteiger partial charge in [0.1, 0.15) is 34.4 Å². The average molecular weight is 584 g/mol. The maximum absolute atomic E-state index is 14.2. The van der Waals surface area contributed by atoms with Crippen molar-refractivity contribution in [2.75, 3.05) is 18.1 Å². The molecule has 1 aliphatic heterocycles. The molecule has 3 aromatic rings. The number of aliphatic hydroxyl groups excluding tert-OH is 1. The lowest BCUT2D eigenvalue weighted by Gasteiger charge is -2.32. The van der Waals surface area contributed by atoms with Crippen LogP contribution in [-0.4, -0.2) is 66.4 Å². The fourth-order valence-electron chi connectivity index (χ4n) is 4.12. The first-order valence-electron chi connectivity index (χ1n) is 12.1. The Balaban J connectivity index is 1.68. The molecule has 6 atom stereocenters. The van der Waals surface area contributed by atoms with Crippen LogP contribution in [0.25, 0.3) is 11.2 Å². The molecular formula is C23H31ClN7O7P. The van der Waals surface area contributed by atoms with Gasteiger partial charge in [-0.05, 0) is 39.8 Å². The molecule has 1 fully saturated rings. The standard InChI is InChI=1S/C23H31ClN7O7P/c1-12(2)35-20(33)13(3)30-39(34,37-14-8-6-5-7-9-14)38-17-15(10-32)36-21(23(17,4)24)31-11-27-16-18(25)28-22(26)29-19(16)31/h5-9,11-13,15,17,21,32H,10H2,1-4H3,(H,30,34)(H4,25,26,28,29)/t13-,15-,17-,21-,23-,39?/m1/s1. The number of benzene rings is 1. The first kappa shape index (κ1) is 29.0. The number of esters is 1. The van der Waals surface area contributed by atoms with E-state index in [9.17, 15) is 14.5 Å². The number of aromatic nitrogens is 4. The molecular weight excluding hydrogens is 553 g/mol. The van der Waals surface area contributed by atoms with E-state index in [4.69, 9.17) is 41.6 Å². The number of nitrogens with two attached hydrogens (primary N) is 2. The third kappa shape index (κ3) is 6.11. The molecule has 1 aromatic carbocycles. The molecule has 14 nitrogen and oxygen atoms in total. The molecule has 16 heteroatoms. The largest absolute Gasteiger partial charge is 0.462 e. The van der Waals surface area contributed by atoms with Gasteiger partial charge in [-0.15, -0.1) is 11.6 Å². The van der Waals surface area contributed by atoms with Gasteiger partial charge in [0, 0.05) is 0 Å². The van der Waals surface area contributed by atoms with E-state index in [2.05, 4.69) is 20.0 Å². The summed E-state index contributed by atoms with van der Waals surface area (Å²) < 4.78 is 38.7. The average Bonchev–Trinajstić information content (AvgIpc) is 3.37. The number of halogens is 1. The number of rotatable bonds is 10. The SMILES string of the molecule is CC(C)OC(=O)[C@@H](C)NP(=O)(Oc1ccccc1)O[C@@H]1[C@@H](CO)O[C@@H](n2cnc3c(N)nc(N)nc32)[C@]1(C)Cl. The number of aliphatic hydroxyl groups is 1. The Morgan fingerprint density at radius 3 is 2.62 bits per heavy atom. The lowest BCUT2D eigenvalue weighted by atomic mass is 10.0. The first-order valence-corrected chi connectivity index (χ1v) is 14.0. The van der Waals surface area contributed by atoms with Crippen molar-refractivity contribution in [1.82, 2.24) is 24.6 Å². The fraction of sp³-hybridized carbons (Fsp3) is 0.478. The van der Waals surface area contributed by atoms with E-state index in [0.717, 1.165) is 0 Å². The van der Waals surface area contributed by atoms with Crippen molar-refractivity contribution in [3.8, 4) is 5.75 Å². The summed E-state index contributed by atoms with van der Waals surface area (Å²) >= 11 is 7.01. The van der Waals surface area contributed by atoms with Gasteiger partial charge in [-0.1, -0.05) is 18.2 Å². The zero-order valence-corrected chi connectivity index (χ0v) is 23.4. The Labute approximate surface area is 229 Å². The molecule has 0 saturated carbocycles. The number of carbonyl (C=O) groups is 1. The lowest BCUT2D eigenvalue weighted by Crippen LogP contribution is -2.44. The zero-order valence-electron chi connectivity index (χ0n) is 21.7. The Hall–Kier alpha value is -3.00. The summed E-state index contributed by atoms with van der Waals surface area (Å²) in [4.78, 5) is 23.4. The van der Waals surface area contributed by atoms with Gasteiger partial charge in [-0.2, -0.15) is 15.1 Å². The van der Waals surface area contributed by atoms with Crippen molar-refractivity contribution >= 4 is 48.2 Å². The van der Waals surface area contributed by atoms with Crippen LogP contribution in [0.5, 0.6) is 5.75 Å². The lowest BCUT2D eigenvalue weighted by molar-refractivity contribution is -0.149. The van der Waals surface area contributed by atoms with E-state index in [1.165, 1.54) is 17.8 Å². The van der Waals surface area contributed by atoms with Crippen LogP contribution in [0.2, 0.25) is 0 Å². The quantitative estimate of drug-likeness (QED) is 0.154. The number of fused-ring (bicyclic) bond motifs is 1. The molecule has 1 aliphatic rings. The first-order chi connectivity index (χ1) is 18.3. The fourth-order valence-corrected chi connectivity index (χ4v) is 6.31. The van der Waals surface area contributed by atoms with Gasteiger partial charge >= 0.3 is 13.7 Å². The molecule has 0 bridgehead atoms. The molecule has 1 unspecified atom stereocenters. The highest BCUT2D eigenvalue weighted by molar-refractivity contribution is 7.52. The molecule has 0 radical (unpaired) electrons. The highest BCUT2D eigenvalue weighted by atomic mass is 35.5. The number of hydrogen-bond acceptors (Lipinski definition) is 12. The van der Waals surface area contributed by atoms with Crippen molar-refractivity contribution in [3.63, 3.8) is 0 Å². The van der Waals surface area contributed by atoms with E-state index in [1.807, 2.05) is 0 Å². The van der Waals surface area contributed by atoms with Gasteiger partial charge in [0.2, 0.25) is 5.95 Å². The maximum atomic E-state index is 14.2. The van der Waals surface area contributed by atoms with Crippen LogP contribution in [-0.2, 0) is 23.4 Å². The number of ether oxygens (including phenoxy) is 2. The van der Waals surface area contributed by atoms with Crippen molar-refractivity contribution in [2.24, 2.45) is 0 Å². The molecule has 0 spiro atoms. The predicted octanol–water partition coefficient (Wildman–Crippen LogP) is 2.38. The van der Waals surface area contributed by atoms with Gasteiger partial charge in [0.15, 0.2) is 17.7 Å². The third-order valence-corrected chi connectivity index (χ3v) is 7.92. The van der Waals surface area contributed by atoms with Crippen LogP contribution in [0.1, 0.15) is 33.9 Å². The second-order valence-electron chi connectivity index (χ2n) is 9.42. The van der Waals surface area contributed by atoms with E-state index in [0.29, 0.717) is 0 Å². The molecule has 39 heavy (non-hydrogen) atoms. The Bertz CT molecular complexity index is 1370. The summed E-state index contributed by atoms with van der Waals surface area (Å²) in [5.41, 5.74) is 12.2. The Morgan fingerprint density at radius 1 is 1.28 bits per heavy atom. The minimum Gasteiger partial charge on any atom is -0.462 e. The van der Waals surface area contributed by atoms with Crippen molar-refractivity contribution in [3.05, 3.63) is 36.7 Å². The summed E-state index contributed by atoms with van der Waals surface area (Å²) in [6.45, 7) is 5.86. The van der Waals surface area contributed by atoms with E-state index < -0.39 is 55.8 Å². The molecule has 212 valence electrons. The summed E-state index contributed by atoms with van der Waals surface area (Å²) in [6, 6.07) is 7.15. The number of carbonyl (C=O) groups excluding carboxylic acids is 1. The third-order valence-electron chi connectivity index (χ3n) is 5.86. The number of nitrogen functional groups attached to an aromatic ring is 2. The Morgan fingerprint density at radius 2 is 1.97 bits per heavy atom. The van der Waals surface area contributed by atoms with Crippen LogP contribution in [0, 0.1) is 0 Å². The second kappa shape index (κ2) is 11.2. The van der Waals surface area contributed by atoms with Crippen molar-refractivity contribution in [1.29, 1.82) is 0 Å². The second-order valence-corrected chi connectivity index (χ2v) is 11.9. The van der Waals surface area contributed by atoms with E-state index in [-0.39, 0.29) is 28.7 Å². The predicted molar refractivity (Wildman–Crippen MR) is 143 cm³/mol. The number of nitrogens with one attached hydrogen (secondary N) is 1. The summed E-state index contributed by atoms with van der Waals surface area (Å²) in [7, 11) is -4.36. The molecule has 4 rings (SSSR count). The molecule has 2 aromatic heterocycles. The normalized spacial score (nSPS) is 25.5. The van der Waals surface area contributed by atoms with Gasteiger partial charge in [-0.3, -0.25) is 13.9 Å². The van der Waals surface area contributed by atoms with Gasteiger partial charge in [0.05, 0.1) is 19.0 Å². The number of anilines is 2. The van der Waals surface area contributed by atoms with Crippen molar-refractivity contribution in [2.45, 2.75) is 63.2 Å². The van der Waals surface area contributed by atoms with Gasteiger partial charge in [0.25, 0.3) is 0 Å². The van der Waals surface area contributed by atoms with Crippen LogP contribution in [0.3, 0.4) is 0 Å². The van der Waals surface area contributed by atoms with E-state index in [1.54, 1.807) is 51.1 Å². The molecule has 0 aliphatic carbocycles. The number of hydrogen-bond donors (Lipinski definition) is 4. The summed E-state index contributed by atoms with van der Waals surface area (Å²) in [6.07, 6.45) is -2.34. The highest BCUT2D eigenvalue weighted by Gasteiger charge is 2.57. The van der Waals surface area contributed by atoms with Crippen LogP contribution in [0.4, 0.5) is 11.8 Å². The maximum Gasteiger partial charge on any atom is 0.459 e. The monoisotopic (exact) mass is 583 g/mol. The number of imidazole rings is 1. The summed E-state index contributed by atoms with van der Waals surface area (Å²) in [5.74, 6) is -0.495. The minimum absolute atomic E-state index is 0.0595. The molecule has 3 heterocycles. The van der Waals surface area contributed by atoms with Gasteiger partial charge < -0.3 is 30.6 Å². The highest BCUT2D eigenvalue weighted by Crippen LogP contribution is 2.54. The minimum atomic E-state index is -4.36. The summed E-state index contributed by atoms with van der Waals surface area (Å²) in [5, 5.41) is 12.8.